The van der Waals surface area contributed by atoms with Crippen LogP contribution in [0.5, 0.6) is 0 Å². The number of nitrogens with zero attached hydrogens (tertiary/aromatic N) is 1. The van der Waals surface area contributed by atoms with Gasteiger partial charge in [-0.3, -0.25) is 9.59 Å². The molecule has 0 aliphatic carbocycles. The fourth-order valence-corrected chi connectivity index (χ4v) is 2.48. The predicted molar refractivity (Wildman–Crippen MR) is 78.5 cm³/mol. The molecule has 22 heavy (non-hydrogen) atoms. The van der Waals surface area contributed by atoms with Crippen LogP contribution in [0, 0.1) is 6.92 Å². The van der Waals surface area contributed by atoms with Gasteiger partial charge in [0.15, 0.2) is 0 Å². The SMILES string of the molecule is Cc1ccc(C(=O)ON2C(=O)c3ccccc3C2=O)c(Cl)c1. The number of hydrogen-bond acceptors (Lipinski definition) is 4. The van der Waals surface area contributed by atoms with E-state index in [4.69, 9.17) is 16.4 Å². The molecule has 0 spiro atoms. The van der Waals surface area contributed by atoms with E-state index in [0.717, 1.165) is 5.56 Å². The van der Waals surface area contributed by atoms with E-state index in [-0.39, 0.29) is 21.7 Å². The molecule has 1 aliphatic rings. The number of rotatable bonds is 2. The molecule has 6 heteroatoms. The normalized spacial score (nSPS) is 13.3. The molecule has 110 valence electrons. The molecule has 2 aromatic carbocycles. The van der Waals surface area contributed by atoms with Gasteiger partial charge in [-0.1, -0.05) is 34.9 Å². The zero-order chi connectivity index (χ0) is 15.9. The largest absolute Gasteiger partial charge is 0.365 e. The molecule has 2 amide bonds. The van der Waals surface area contributed by atoms with Crippen molar-refractivity contribution < 1.29 is 19.2 Å². The Bertz CT molecular complexity index is 781. The van der Waals surface area contributed by atoms with E-state index in [9.17, 15) is 14.4 Å². The standard InChI is InChI=1S/C16H10ClNO4/c1-9-6-7-12(13(17)8-9)16(21)22-18-14(19)10-4-2-3-5-11(10)15(18)20/h2-8H,1H3. The summed E-state index contributed by atoms with van der Waals surface area (Å²) in [6.45, 7) is 1.82. The molecular weight excluding hydrogens is 306 g/mol. The highest BCUT2D eigenvalue weighted by Crippen LogP contribution is 2.25. The smallest absolute Gasteiger partial charge is 0.324 e. The lowest BCUT2D eigenvalue weighted by atomic mass is 10.1. The van der Waals surface area contributed by atoms with Crippen LogP contribution in [-0.2, 0) is 4.84 Å². The second kappa shape index (κ2) is 5.27. The van der Waals surface area contributed by atoms with E-state index in [2.05, 4.69) is 0 Å². The number of imide groups is 1. The minimum Gasteiger partial charge on any atom is -0.324 e. The second-order valence-corrected chi connectivity index (χ2v) is 5.22. The Morgan fingerprint density at radius 1 is 1.05 bits per heavy atom. The molecule has 0 N–H and O–H groups in total. The highest BCUT2D eigenvalue weighted by Gasteiger charge is 2.38. The third kappa shape index (κ3) is 2.25. The summed E-state index contributed by atoms with van der Waals surface area (Å²) in [4.78, 5) is 41.3. The predicted octanol–water partition coefficient (Wildman–Crippen LogP) is 3.02. The Morgan fingerprint density at radius 2 is 1.64 bits per heavy atom. The Morgan fingerprint density at radius 3 is 2.18 bits per heavy atom. The van der Waals surface area contributed by atoms with Crippen molar-refractivity contribution in [2.45, 2.75) is 6.92 Å². The van der Waals surface area contributed by atoms with Crippen molar-refractivity contribution in [2.75, 3.05) is 0 Å². The molecular formula is C16H10ClNO4. The summed E-state index contributed by atoms with van der Waals surface area (Å²) >= 11 is 5.98. The van der Waals surface area contributed by atoms with Crippen LogP contribution >= 0.6 is 11.6 Å². The van der Waals surface area contributed by atoms with E-state index in [1.54, 1.807) is 24.3 Å². The molecule has 0 unspecified atom stereocenters. The number of hydrogen-bond donors (Lipinski definition) is 0. The van der Waals surface area contributed by atoms with Gasteiger partial charge in [-0.05, 0) is 36.8 Å². The molecule has 1 heterocycles. The highest BCUT2D eigenvalue weighted by molar-refractivity contribution is 6.33. The summed E-state index contributed by atoms with van der Waals surface area (Å²) in [5.74, 6) is -2.20. The second-order valence-electron chi connectivity index (χ2n) is 4.81. The third-order valence-electron chi connectivity index (χ3n) is 3.28. The van der Waals surface area contributed by atoms with Gasteiger partial charge in [0.05, 0.1) is 21.7 Å². The monoisotopic (exact) mass is 315 g/mol. The van der Waals surface area contributed by atoms with Crippen molar-refractivity contribution in [3.05, 3.63) is 69.7 Å². The summed E-state index contributed by atoms with van der Waals surface area (Å²) < 4.78 is 0. The van der Waals surface area contributed by atoms with Gasteiger partial charge < -0.3 is 4.84 Å². The molecule has 5 nitrogen and oxygen atoms in total. The van der Waals surface area contributed by atoms with Crippen LogP contribution in [0.3, 0.4) is 0 Å². The third-order valence-corrected chi connectivity index (χ3v) is 3.59. The first-order valence-corrected chi connectivity index (χ1v) is 6.83. The number of halogens is 1. The van der Waals surface area contributed by atoms with Crippen molar-refractivity contribution in [2.24, 2.45) is 0 Å². The number of hydroxylamine groups is 2. The molecule has 2 aromatic rings. The zero-order valence-corrected chi connectivity index (χ0v) is 12.3. The van der Waals surface area contributed by atoms with Crippen molar-refractivity contribution in [3.8, 4) is 0 Å². The highest BCUT2D eigenvalue weighted by atomic mass is 35.5. The van der Waals surface area contributed by atoms with Gasteiger partial charge >= 0.3 is 5.97 Å². The van der Waals surface area contributed by atoms with Gasteiger partial charge in [0.1, 0.15) is 0 Å². The van der Waals surface area contributed by atoms with E-state index >= 15 is 0 Å². The fourth-order valence-electron chi connectivity index (χ4n) is 2.17. The summed E-state index contributed by atoms with van der Waals surface area (Å²) in [5.41, 5.74) is 1.37. The summed E-state index contributed by atoms with van der Waals surface area (Å²) in [6, 6.07) is 11.0. The lowest BCUT2D eigenvalue weighted by molar-refractivity contribution is -0.0584. The number of aryl methyl sites for hydroxylation is 1. The molecule has 0 aromatic heterocycles. The van der Waals surface area contributed by atoms with Crippen LogP contribution < -0.4 is 0 Å². The number of amides is 2. The van der Waals surface area contributed by atoms with E-state index < -0.39 is 17.8 Å². The molecule has 0 fully saturated rings. The minimum atomic E-state index is -0.862. The van der Waals surface area contributed by atoms with Gasteiger partial charge in [0.2, 0.25) is 0 Å². The van der Waals surface area contributed by atoms with Crippen LogP contribution in [-0.4, -0.2) is 22.8 Å². The summed E-state index contributed by atoms with van der Waals surface area (Å²) in [7, 11) is 0. The van der Waals surface area contributed by atoms with Gasteiger partial charge in [-0.2, -0.15) is 0 Å². The number of carbonyl (C=O) groups is 3. The first-order valence-electron chi connectivity index (χ1n) is 6.45. The van der Waals surface area contributed by atoms with Crippen molar-refractivity contribution >= 4 is 29.4 Å². The van der Waals surface area contributed by atoms with Gasteiger partial charge in [0.25, 0.3) is 11.8 Å². The lowest BCUT2D eigenvalue weighted by Gasteiger charge is -2.13. The zero-order valence-electron chi connectivity index (χ0n) is 11.5. The van der Waals surface area contributed by atoms with Gasteiger partial charge in [-0.25, -0.2) is 4.79 Å². The van der Waals surface area contributed by atoms with E-state index in [1.165, 1.54) is 18.2 Å². The number of benzene rings is 2. The summed E-state index contributed by atoms with van der Waals surface area (Å²) in [6.07, 6.45) is 0. The maximum atomic E-state index is 12.1. The minimum absolute atomic E-state index is 0.0869. The molecule has 0 bridgehead atoms. The van der Waals surface area contributed by atoms with Gasteiger partial charge in [0, 0.05) is 0 Å². The lowest BCUT2D eigenvalue weighted by Crippen LogP contribution is -2.32. The average molecular weight is 316 g/mol. The molecule has 0 saturated heterocycles. The Hall–Kier alpha value is -2.66. The van der Waals surface area contributed by atoms with Crippen LogP contribution in [0.1, 0.15) is 36.6 Å². The fraction of sp³-hybridized carbons (Fsp3) is 0.0625. The quantitative estimate of drug-likeness (QED) is 0.799. The van der Waals surface area contributed by atoms with Crippen molar-refractivity contribution in [3.63, 3.8) is 0 Å². The Kier molecular flexibility index (Phi) is 3.42. The van der Waals surface area contributed by atoms with Crippen LogP contribution in [0.25, 0.3) is 0 Å². The van der Waals surface area contributed by atoms with E-state index in [0.29, 0.717) is 5.06 Å². The summed E-state index contributed by atoms with van der Waals surface area (Å²) in [5, 5.41) is 0.657. The molecule has 0 saturated carbocycles. The Balaban J connectivity index is 1.87. The average Bonchev–Trinajstić information content (AvgIpc) is 2.73. The number of carbonyl (C=O) groups excluding carboxylic acids is 3. The van der Waals surface area contributed by atoms with Crippen molar-refractivity contribution in [1.29, 1.82) is 0 Å². The maximum Gasteiger partial charge on any atom is 0.365 e. The number of fused-ring (bicyclic) bond motifs is 1. The first kappa shape index (κ1) is 14.3. The van der Waals surface area contributed by atoms with Crippen LogP contribution in [0.4, 0.5) is 0 Å². The Labute approximate surface area is 131 Å². The van der Waals surface area contributed by atoms with Gasteiger partial charge in [-0.15, -0.1) is 0 Å². The molecule has 3 rings (SSSR count). The van der Waals surface area contributed by atoms with E-state index in [1.807, 2.05) is 6.92 Å². The topological polar surface area (TPSA) is 63.7 Å². The molecule has 0 atom stereocenters. The molecule has 0 radical (unpaired) electrons. The first-order chi connectivity index (χ1) is 10.5. The van der Waals surface area contributed by atoms with Crippen LogP contribution in [0.15, 0.2) is 42.5 Å². The van der Waals surface area contributed by atoms with Crippen LogP contribution in [0.2, 0.25) is 5.02 Å². The maximum absolute atomic E-state index is 12.1. The molecule has 1 aliphatic heterocycles. The van der Waals surface area contributed by atoms with Crippen molar-refractivity contribution in [1.82, 2.24) is 5.06 Å².